The number of anilines is 1. The van der Waals surface area contributed by atoms with E-state index < -0.39 is 6.04 Å². The first-order chi connectivity index (χ1) is 15.5. The van der Waals surface area contributed by atoms with Crippen molar-refractivity contribution in [3.8, 4) is 0 Å². The van der Waals surface area contributed by atoms with Gasteiger partial charge in [-0.15, -0.1) is 0 Å². The first kappa shape index (κ1) is 22.6. The zero-order chi connectivity index (χ0) is 22.5. The van der Waals surface area contributed by atoms with Gasteiger partial charge in [-0.05, 0) is 29.8 Å². The maximum Gasteiger partial charge on any atom is 0.257 e. The Labute approximate surface area is 196 Å². The molecule has 1 unspecified atom stereocenters. The summed E-state index contributed by atoms with van der Waals surface area (Å²) in [6.45, 7) is 3.95. The minimum absolute atomic E-state index is 0.00145. The molecule has 2 aromatic rings. The van der Waals surface area contributed by atoms with Crippen molar-refractivity contribution in [1.29, 1.82) is 0 Å². The SMILES string of the molecule is O=C1CC(N(CCN2CCOCC2)C(=O)Cc2ccccc2)C(=O)N1c1ccc(Br)cc1. The highest BCUT2D eigenvalue weighted by Gasteiger charge is 2.44. The van der Waals surface area contributed by atoms with Gasteiger partial charge in [0.1, 0.15) is 6.04 Å². The molecule has 168 valence electrons. The Kier molecular flexibility index (Phi) is 7.34. The smallest absolute Gasteiger partial charge is 0.257 e. The van der Waals surface area contributed by atoms with Gasteiger partial charge < -0.3 is 9.64 Å². The standard InChI is InChI=1S/C24H26BrN3O4/c25-19-6-8-20(9-7-19)28-23(30)17-21(24(28)31)27(11-10-26-12-14-32-15-13-26)22(29)16-18-4-2-1-3-5-18/h1-9,21H,10-17H2. The summed E-state index contributed by atoms with van der Waals surface area (Å²) in [7, 11) is 0. The molecule has 0 N–H and O–H groups in total. The largest absolute Gasteiger partial charge is 0.379 e. The van der Waals surface area contributed by atoms with Crippen LogP contribution < -0.4 is 4.90 Å². The normalized spacial score (nSPS) is 19.4. The van der Waals surface area contributed by atoms with Crippen LogP contribution in [0.3, 0.4) is 0 Å². The van der Waals surface area contributed by atoms with Gasteiger partial charge in [0, 0.05) is 30.7 Å². The summed E-state index contributed by atoms with van der Waals surface area (Å²) in [4.78, 5) is 44.4. The molecule has 4 rings (SSSR count). The van der Waals surface area contributed by atoms with E-state index in [4.69, 9.17) is 4.74 Å². The number of morpholine rings is 1. The Bertz CT molecular complexity index is 961. The van der Waals surface area contributed by atoms with Crippen LogP contribution in [-0.2, 0) is 25.5 Å². The van der Waals surface area contributed by atoms with Crippen LogP contribution in [0.15, 0.2) is 59.1 Å². The number of benzene rings is 2. The Hall–Kier alpha value is -2.55. The van der Waals surface area contributed by atoms with Gasteiger partial charge in [0.25, 0.3) is 5.91 Å². The van der Waals surface area contributed by atoms with Gasteiger partial charge in [-0.3, -0.25) is 19.3 Å². The zero-order valence-corrected chi connectivity index (χ0v) is 19.4. The predicted molar refractivity (Wildman–Crippen MR) is 124 cm³/mol. The van der Waals surface area contributed by atoms with Crippen LogP contribution in [-0.4, -0.2) is 73.0 Å². The van der Waals surface area contributed by atoms with E-state index in [1.54, 1.807) is 29.2 Å². The summed E-state index contributed by atoms with van der Waals surface area (Å²) in [5, 5.41) is 0. The highest BCUT2D eigenvalue weighted by Crippen LogP contribution is 2.27. The molecule has 2 aliphatic rings. The van der Waals surface area contributed by atoms with E-state index in [2.05, 4.69) is 20.8 Å². The number of amides is 3. The Morgan fingerprint density at radius 3 is 2.41 bits per heavy atom. The lowest BCUT2D eigenvalue weighted by Gasteiger charge is -2.32. The number of ether oxygens (including phenoxy) is 1. The second-order valence-electron chi connectivity index (χ2n) is 7.97. The minimum atomic E-state index is -0.789. The zero-order valence-electron chi connectivity index (χ0n) is 17.8. The van der Waals surface area contributed by atoms with E-state index in [1.165, 1.54) is 4.90 Å². The van der Waals surface area contributed by atoms with E-state index in [9.17, 15) is 14.4 Å². The Balaban J connectivity index is 1.53. The number of nitrogens with zero attached hydrogens (tertiary/aromatic N) is 3. The quantitative estimate of drug-likeness (QED) is 0.547. The number of carbonyl (C=O) groups excluding carboxylic acids is 3. The van der Waals surface area contributed by atoms with Crippen molar-refractivity contribution in [1.82, 2.24) is 9.80 Å². The highest BCUT2D eigenvalue weighted by molar-refractivity contribution is 9.10. The van der Waals surface area contributed by atoms with Crippen molar-refractivity contribution < 1.29 is 19.1 Å². The highest BCUT2D eigenvalue weighted by atomic mass is 79.9. The summed E-state index contributed by atoms with van der Waals surface area (Å²) in [5.74, 6) is -0.778. The molecule has 2 aromatic carbocycles. The van der Waals surface area contributed by atoms with Crippen LogP contribution in [0.5, 0.6) is 0 Å². The predicted octanol–water partition coefficient (Wildman–Crippen LogP) is 2.48. The van der Waals surface area contributed by atoms with E-state index >= 15 is 0 Å². The van der Waals surface area contributed by atoms with Crippen LogP contribution in [0.2, 0.25) is 0 Å². The number of halogens is 1. The number of hydrogen-bond acceptors (Lipinski definition) is 5. The lowest BCUT2D eigenvalue weighted by atomic mass is 10.1. The number of carbonyl (C=O) groups is 3. The number of rotatable bonds is 7. The molecule has 0 bridgehead atoms. The molecule has 2 fully saturated rings. The second kappa shape index (κ2) is 10.4. The van der Waals surface area contributed by atoms with Crippen molar-refractivity contribution in [2.75, 3.05) is 44.3 Å². The van der Waals surface area contributed by atoms with E-state index in [1.807, 2.05) is 30.3 Å². The minimum Gasteiger partial charge on any atom is -0.379 e. The lowest BCUT2D eigenvalue weighted by Crippen LogP contribution is -2.50. The molecular formula is C24H26BrN3O4. The monoisotopic (exact) mass is 499 g/mol. The van der Waals surface area contributed by atoms with Crippen molar-refractivity contribution in [3.05, 3.63) is 64.6 Å². The van der Waals surface area contributed by atoms with Gasteiger partial charge in [0.05, 0.1) is 31.7 Å². The molecule has 2 saturated heterocycles. The van der Waals surface area contributed by atoms with E-state index in [0.29, 0.717) is 32.0 Å². The maximum absolute atomic E-state index is 13.3. The summed E-state index contributed by atoms with van der Waals surface area (Å²) in [6.07, 6.45) is 0.193. The van der Waals surface area contributed by atoms with Crippen molar-refractivity contribution in [2.45, 2.75) is 18.9 Å². The van der Waals surface area contributed by atoms with E-state index in [0.717, 1.165) is 23.1 Å². The average molecular weight is 500 g/mol. The van der Waals surface area contributed by atoms with Gasteiger partial charge in [0.2, 0.25) is 11.8 Å². The summed E-state index contributed by atoms with van der Waals surface area (Å²) < 4.78 is 6.27. The first-order valence-electron chi connectivity index (χ1n) is 10.8. The molecule has 7 nitrogen and oxygen atoms in total. The number of imide groups is 1. The first-order valence-corrected chi connectivity index (χ1v) is 11.6. The topological polar surface area (TPSA) is 70.2 Å². The molecule has 1 atom stereocenters. The molecule has 0 spiro atoms. The number of hydrogen-bond donors (Lipinski definition) is 0. The average Bonchev–Trinajstić information content (AvgIpc) is 3.09. The molecule has 2 heterocycles. The molecule has 0 aromatic heterocycles. The summed E-state index contributed by atoms with van der Waals surface area (Å²) >= 11 is 3.37. The van der Waals surface area contributed by atoms with Crippen LogP contribution >= 0.6 is 15.9 Å². The van der Waals surface area contributed by atoms with Crippen LogP contribution in [0.1, 0.15) is 12.0 Å². The van der Waals surface area contributed by atoms with Crippen LogP contribution in [0.25, 0.3) is 0 Å². The van der Waals surface area contributed by atoms with Gasteiger partial charge in [-0.1, -0.05) is 46.3 Å². The third-order valence-corrected chi connectivity index (χ3v) is 6.39. The van der Waals surface area contributed by atoms with E-state index in [-0.39, 0.29) is 30.6 Å². The molecular weight excluding hydrogens is 474 g/mol. The fourth-order valence-electron chi connectivity index (χ4n) is 4.12. The van der Waals surface area contributed by atoms with Gasteiger partial charge in [0.15, 0.2) is 0 Å². The van der Waals surface area contributed by atoms with Gasteiger partial charge >= 0.3 is 0 Å². The fourth-order valence-corrected chi connectivity index (χ4v) is 4.39. The molecule has 0 radical (unpaired) electrons. The van der Waals surface area contributed by atoms with Gasteiger partial charge in [-0.2, -0.15) is 0 Å². The second-order valence-corrected chi connectivity index (χ2v) is 8.88. The summed E-state index contributed by atoms with van der Waals surface area (Å²) in [5.41, 5.74) is 1.41. The van der Waals surface area contributed by atoms with Crippen molar-refractivity contribution in [2.24, 2.45) is 0 Å². The summed E-state index contributed by atoms with van der Waals surface area (Å²) in [6, 6.07) is 15.7. The Morgan fingerprint density at radius 1 is 1.03 bits per heavy atom. The maximum atomic E-state index is 13.3. The fraction of sp³-hybridized carbons (Fsp3) is 0.375. The van der Waals surface area contributed by atoms with Gasteiger partial charge in [-0.25, -0.2) is 4.90 Å². The van der Waals surface area contributed by atoms with Crippen LogP contribution in [0, 0.1) is 0 Å². The lowest BCUT2D eigenvalue weighted by molar-refractivity contribution is -0.138. The molecule has 32 heavy (non-hydrogen) atoms. The molecule has 3 amide bonds. The van der Waals surface area contributed by atoms with Crippen LogP contribution in [0.4, 0.5) is 5.69 Å². The molecule has 0 aliphatic carbocycles. The van der Waals surface area contributed by atoms with Crippen molar-refractivity contribution >= 4 is 39.3 Å². The molecule has 2 aliphatic heterocycles. The third kappa shape index (κ3) is 5.26. The Morgan fingerprint density at radius 2 is 1.72 bits per heavy atom. The molecule has 0 saturated carbocycles. The van der Waals surface area contributed by atoms with Crippen molar-refractivity contribution in [3.63, 3.8) is 0 Å². The third-order valence-electron chi connectivity index (χ3n) is 5.86. The molecule has 8 heteroatoms.